The summed E-state index contributed by atoms with van der Waals surface area (Å²) in [5.74, 6) is -0.369. The van der Waals surface area contributed by atoms with E-state index in [9.17, 15) is 4.39 Å². The van der Waals surface area contributed by atoms with Crippen LogP contribution < -0.4 is 5.73 Å². The maximum atomic E-state index is 14.2. The number of nitrogens with one attached hydrogen (secondary N) is 1. The van der Waals surface area contributed by atoms with Crippen LogP contribution in [0, 0.1) is 5.82 Å². The van der Waals surface area contributed by atoms with E-state index in [1.165, 1.54) is 12.3 Å². The fourth-order valence-electron chi connectivity index (χ4n) is 2.00. The number of nitrogen functional groups attached to an aromatic ring is 1. The van der Waals surface area contributed by atoms with E-state index in [0.717, 1.165) is 5.56 Å². The fraction of sp³-hybridized carbons (Fsp3) is 0. The van der Waals surface area contributed by atoms with E-state index < -0.39 is 5.82 Å². The van der Waals surface area contributed by atoms with Crippen LogP contribution in [0.2, 0.25) is 5.02 Å². The number of anilines is 1. The van der Waals surface area contributed by atoms with E-state index in [1.54, 1.807) is 24.5 Å². The van der Waals surface area contributed by atoms with E-state index >= 15 is 0 Å². The quantitative estimate of drug-likeness (QED) is 0.758. The van der Waals surface area contributed by atoms with Gasteiger partial charge in [-0.2, -0.15) is 0 Å². The lowest BCUT2D eigenvalue weighted by atomic mass is 10.0. The molecule has 6 heteroatoms. The SMILES string of the molecule is Nc1ncc(-c2cccc(Cl)c2F)c(-c2cc[nH]c2)n1. The molecule has 1 aromatic carbocycles. The predicted octanol–water partition coefficient (Wildman–Crippen LogP) is 3.51. The Kier molecular flexibility index (Phi) is 3.12. The molecule has 0 aliphatic carbocycles. The van der Waals surface area contributed by atoms with Crippen molar-refractivity contribution < 1.29 is 4.39 Å². The number of aromatic amines is 1. The molecule has 3 rings (SSSR count). The molecule has 0 saturated carbocycles. The van der Waals surface area contributed by atoms with Crippen LogP contribution in [0.15, 0.2) is 42.9 Å². The second kappa shape index (κ2) is 4.94. The number of hydrogen-bond acceptors (Lipinski definition) is 3. The van der Waals surface area contributed by atoms with Crippen LogP contribution >= 0.6 is 11.6 Å². The molecule has 0 saturated heterocycles. The molecule has 3 aromatic rings. The van der Waals surface area contributed by atoms with Gasteiger partial charge in [0.1, 0.15) is 5.82 Å². The third-order valence-corrected chi connectivity index (χ3v) is 3.21. The highest BCUT2D eigenvalue weighted by atomic mass is 35.5. The van der Waals surface area contributed by atoms with Gasteiger partial charge in [-0.25, -0.2) is 14.4 Å². The van der Waals surface area contributed by atoms with Gasteiger partial charge in [-0.3, -0.25) is 0 Å². The Morgan fingerprint density at radius 3 is 2.80 bits per heavy atom. The topological polar surface area (TPSA) is 67.6 Å². The van der Waals surface area contributed by atoms with E-state index in [2.05, 4.69) is 15.0 Å². The van der Waals surface area contributed by atoms with Crippen molar-refractivity contribution in [1.82, 2.24) is 15.0 Å². The lowest BCUT2D eigenvalue weighted by Gasteiger charge is -2.09. The zero-order valence-corrected chi connectivity index (χ0v) is 11.0. The molecule has 0 radical (unpaired) electrons. The van der Waals surface area contributed by atoms with Gasteiger partial charge in [0.05, 0.1) is 10.7 Å². The van der Waals surface area contributed by atoms with Crippen molar-refractivity contribution >= 4 is 17.5 Å². The summed E-state index contributed by atoms with van der Waals surface area (Å²) in [4.78, 5) is 11.1. The number of rotatable bonds is 2. The van der Waals surface area contributed by atoms with Crippen LogP contribution in [0.5, 0.6) is 0 Å². The minimum Gasteiger partial charge on any atom is -0.368 e. The number of hydrogen-bond donors (Lipinski definition) is 2. The lowest BCUT2D eigenvalue weighted by Crippen LogP contribution is -1.99. The first kappa shape index (κ1) is 12.6. The molecule has 2 aromatic heterocycles. The summed E-state index contributed by atoms with van der Waals surface area (Å²) in [5.41, 5.74) is 7.86. The molecule has 0 fully saturated rings. The second-order valence-electron chi connectivity index (χ2n) is 4.19. The molecule has 3 N–H and O–H groups in total. The smallest absolute Gasteiger partial charge is 0.220 e. The summed E-state index contributed by atoms with van der Waals surface area (Å²) in [5, 5.41) is 0.0549. The maximum absolute atomic E-state index is 14.2. The zero-order chi connectivity index (χ0) is 14.1. The van der Waals surface area contributed by atoms with Crippen LogP contribution in [0.3, 0.4) is 0 Å². The highest BCUT2D eigenvalue weighted by Gasteiger charge is 2.15. The van der Waals surface area contributed by atoms with Gasteiger partial charge in [0.15, 0.2) is 0 Å². The minimum absolute atomic E-state index is 0.0549. The Balaban J connectivity index is 2.27. The molecule has 0 spiro atoms. The number of benzene rings is 1. The Morgan fingerprint density at radius 2 is 2.05 bits per heavy atom. The first-order chi connectivity index (χ1) is 9.66. The average molecular weight is 289 g/mol. The normalized spacial score (nSPS) is 10.7. The fourth-order valence-corrected chi connectivity index (χ4v) is 2.17. The summed E-state index contributed by atoms with van der Waals surface area (Å²) in [6.07, 6.45) is 5.01. The standard InChI is InChI=1S/C14H10ClFN4/c15-11-3-1-2-9(12(11)16)10-7-19-14(17)20-13(10)8-4-5-18-6-8/h1-7,18H,(H2,17,19,20). The number of H-pyrrole nitrogens is 1. The van der Waals surface area contributed by atoms with E-state index in [4.69, 9.17) is 17.3 Å². The average Bonchev–Trinajstić information content (AvgIpc) is 2.96. The van der Waals surface area contributed by atoms with Gasteiger partial charge in [-0.1, -0.05) is 23.7 Å². The third-order valence-electron chi connectivity index (χ3n) is 2.92. The van der Waals surface area contributed by atoms with E-state index in [0.29, 0.717) is 16.8 Å². The van der Waals surface area contributed by atoms with Crippen LogP contribution in [0.4, 0.5) is 10.3 Å². The van der Waals surface area contributed by atoms with Crippen molar-refractivity contribution in [1.29, 1.82) is 0 Å². The molecule has 0 bridgehead atoms. The van der Waals surface area contributed by atoms with Crippen molar-refractivity contribution in [3.63, 3.8) is 0 Å². The van der Waals surface area contributed by atoms with Gasteiger partial charge in [0.25, 0.3) is 0 Å². The van der Waals surface area contributed by atoms with Gasteiger partial charge in [0, 0.05) is 35.3 Å². The predicted molar refractivity (Wildman–Crippen MR) is 76.6 cm³/mol. The van der Waals surface area contributed by atoms with Crippen molar-refractivity contribution in [2.45, 2.75) is 0 Å². The number of nitrogens with zero attached hydrogens (tertiary/aromatic N) is 2. The molecule has 0 aliphatic heterocycles. The van der Waals surface area contributed by atoms with E-state index in [1.807, 2.05) is 6.07 Å². The van der Waals surface area contributed by atoms with Gasteiger partial charge >= 0.3 is 0 Å². The summed E-state index contributed by atoms with van der Waals surface area (Å²) in [6, 6.07) is 6.63. The van der Waals surface area contributed by atoms with Gasteiger partial charge in [-0.15, -0.1) is 0 Å². The van der Waals surface area contributed by atoms with Gasteiger partial charge < -0.3 is 10.7 Å². The van der Waals surface area contributed by atoms with Crippen molar-refractivity contribution in [3.8, 4) is 22.4 Å². The first-order valence-electron chi connectivity index (χ1n) is 5.87. The molecule has 20 heavy (non-hydrogen) atoms. The molecular weight excluding hydrogens is 279 g/mol. The number of nitrogens with two attached hydrogens (primary N) is 1. The number of aromatic nitrogens is 3. The van der Waals surface area contributed by atoms with Gasteiger partial charge in [0.2, 0.25) is 5.95 Å². The molecule has 100 valence electrons. The summed E-state index contributed by atoms with van der Waals surface area (Å²) in [6.45, 7) is 0. The van der Waals surface area contributed by atoms with Crippen LogP contribution in [-0.4, -0.2) is 15.0 Å². The third kappa shape index (κ3) is 2.12. The molecule has 0 unspecified atom stereocenters. The van der Waals surface area contributed by atoms with Crippen molar-refractivity contribution in [2.75, 3.05) is 5.73 Å². The molecule has 0 amide bonds. The van der Waals surface area contributed by atoms with Gasteiger partial charge in [-0.05, 0) is 12.1 Å². The van der Waals surface area contributed by atoms with Crippen molar-refractivity contribution in [3.05, 3.63) is 53.7 Å². The lowest BCUT2D eigenvalue weighted by molar-refractivity contribution is 0.631. The molecule has 0 aliphatic rings. The van der Waals surface area contributed by atoms with Crippen LogP contribution in [0.1, 0.15) is 0 Å². The first-order valence-corrected chi connectivity index (χ1v) is 6.24. The van der Waals surface area contributed by atoms with Crippen molar-refractivity contribution in [2.24, 2.45) is 0 Å². The highest BCUT2D eigenvalue weighted by Crippen LogP contribution is 2.33. The molecule has 0 atom stereocenters. The molecule has 2 heterocycles. The summed E-state index contributed by atoms with van der Waals surface area (Å²) < 4.78 is 14.2. The second-order valence-corrected chi connectivity index (χ2v) is 4.60. The number of halogens is 2. The Bertz CT molecular complexity index is 756. The summed E-state index contributed by atoms with van der Waals surface area (Å²) in [7, 11) is 0. The zero-order valence-electron chi connectivity index (χ0n) is 10.3. The minimum atomic E-state index is -0.501. The maximum Gasteiger partial charge on any atom is 0.220 e. The Hall–Kier alpha value is -2.40. The summed E-state index contributed by atoms with van der Waals surface area (Å²) >= 11 is 5.83. The van der Waals surface area contributed by atoms with Crippen LogP contribution in [0.25, 0.3) is 22.4 Å². The monoisotopic (exact) mass is 288 g/mol. The molecular formula is C14H10ClFN4. The van der Waals surface area contributed by atoms with Crippen LogP contribution in [-0.2, 0) is 0 Å². The highest BCUT2D eigenvalue weighted by molar-refractivity contribution is 6.31. The van der Waals surface area contributed by atoms with E-state index in [-0.39, 0.29) is 11.0 Å². The molecule has 4 nitrogen and oxygen atoms in total. The largest absolute Gasteiger partial charge is 0.368 e. The Morgan fingerprint density at radius 1 is 1.20 bits per heavy atom. The Labute approximate surface area is 119 Å².